The van der Waals surface area contributed by atoms with Gasteiger partial charge in [0.2, 0.25) is 0 Å². The van der Waals surface area contributed by atoms with Crippen molar-refractivity contribution < 1.29 is 9.50 Å². The Kier molecular flexibility index (Phi) is 4.28. The number of hydrogen-bond acceptors (Lipinski definition) is 2. The molecule has 1 aromatic carbocycles. The first kappa shape index (κ1) is 14.1. The molecule has 96 valence electrons. The lowest BCUT2D eigenvalue weighted by atomic mass is 9.84. The molecule has 0 aliphatic rings. The highest BCUT2D eigenvalue weighted by Crippen LogP contribution is 2.23. The van der Waals surface area contributed by atoms with Crippen molar-refractivity contribution in [2.75, 3.05) is 13.2 Å². The van der Waals surface area contributed by atoms with Crippen molar-refractivity contribution in [1.82, 2.24) is 5.32 Å². The van der Waals surface area contributed by atoms with Crippen molar-refractivity contribution in [3.63, 3.8) is 0 Å². The minimum Gasteiger partial charge on any atom is -0.394 e. The summed E-state index contributed by atoms with van der Waals surface area (Å²) in [5.41, 5.74) is 0.692. The van der Waals surface area contributed by atoms with Gasteiger partial charge in [0.25, 0.3) is 0 Å². The highest BCUT2D eigenvalue weighted by Gasteiger charge is 2.24. The summed E-state index contributed by atoms with van der Waals surface area (Å²) in [6.45, 7) is 8.92. The third kappa shape index (κ3) is 4.10. The molecule has 0 bridgehead atoms. The van der Waals surface area contributed by atoms with Crippen LogP contribution in [0.3, 0.4) is 0 Å². The summed E-state index contributed by atoms with van der Waals surface area (Å²) in [5.74, 6) is -0.215. The molecule has 0 fully saturated rings. The lowest BCUT2D eigenvalue weighted by Gasteiger charge is -2.32. The molecule has 17 heavy (non-hydrogen) atoms. The van der Waals surface area contributed by atoms with Gasteiger partial charge in [0.1, 0.15) is 5.82 Å². The normalized spacial score (nSPS) is 12.8. The standard InChI is InChI=1S/C14H22FNO/c1-13(2,9-16-14(3,4)10-17)11-5-7-12(15)8-6-11/h5-8,16-17H,9-10H2,1-4H3. The highest BCUT2D eigenvalue weighted by atomic mass is 19.1. The molecule has 0 aliphatic heterocycles. The van der Waals surface area contributed by atoms with Gasteiger partial charge in [0.05, 0.1) is 6.61 Å². The largest absolute Gasteiger partial charge is 0.394 e. The average Bonchev–Trinajstić information content (AvgIpc) is 2.27. The first-order valence-electron chi connectivity index (χ1n) is 5.89. The van der Waals surface area contributed by atoms with Gasteiger partial charge in [-0.15, -0.1) is 0 Å². The van der Waals surface area contributed by atoms with Crippen molar-refractivity contribution in [2.45, 2.75) is 38.6 Å². The molecule has 1 rings (SSSR count). The Balaban J connectivity index is 2.71. The van der Waals surface area contributed by atoms with Crippen molar-refractivity contribution in [1.29, 1.82) is 0 Å². The van der Waals surface area contributed by atoms with Gasteiger partial charge < -0.3 is 10.4 Å². The average molecular weight is 239 g/mol. The van der Waals surface area contributed by atoms with Gasteiger partial charge in [-0.1, -0.05) is 26.0 Å². The summed E-state index contributed by atoms with van der Waals surface area (Å²) in [7, 11) is 0. The summed E-state index contributed by atoms with van der Waals surface area (Å²) in [5, 5.41) is 12.5. The van der Waals surface area contributed by atoms with Crippen LogP contribution in [0.4, 0.5) is 4.39 Å². The van der Waals surface area contributed by atoms with E-state index in [1.807, 2.05) is 26.0 Å². The minimum absolute atomic E-state index is 0.0898. The summed E-state index contributed by atoms with van der Waals surface area (Å²) >= 11 is 0. The van der Waals surface area contributed by atoms with Gasteiger partial charge in [-0.2, -0.15) is 0 Å². The van der Waals surface area contributed by atoms with Gasteiger partial charge in [-0.3, -0.25) is 0 Å². The second kappa shape index (κ2) is 5.15. The van der Waals surface area contributed by atoms with Crippen LogP contribution in [0.2, 0.25) is 0 Å². The Labute approximate surface area is 103 Å². The van der Waals surface area contributed by atoms with E-state index in [1.54, 1.807) is 0 Å². The van der Waals surface area contributed by atoms with E-state index in [-0.39, 0.29) is 23.4 Å². The van der Waals surface area contributed by atoms with Gasteiger partial charge >= 0.3 is 0 Å². The third-order valence-electron chi connectivity index (χ3n) is 3.03. The van der Waals surface area contributed by atoms with Crippen LogP contribution in [-0.2, 0) is 5.41 Å². The fourth-order valence-corrected chi connectivity index (χ4v) is 1.52. The van der Waals surface area contributed by atoms with Gasteiger partial charge in [-0.05, 0) is 31.5 Å². The molecular formula is C14H22FNO. The van der Waals surface area contributed by atoms with Crippen LogP contribution in [0.5, 0.6) is 0 Å². The Morgan fingerprint density at radius 1 is 1.12 bits per heavy atom. The summed E-state index contributed by atoms with van der Waals surface area (Å²) < 4.78 is 12.9. The van der Waals surface area contributed by atoms with E-state index in [9.17, 15) is 9.50 Å². The molecule has 0 unspecified atom stereocenters. The van der Waals surface area contributed by atoms with Crippen LogP contribution in [0.25, 0.3) is 0 Å². The number of aliphatic hydroxyl groups is 1. The van der Waals surface area contributed by atoms with E-state index in [2.05, 4.69) is 19.2 Å². The molecule has 0 aromatic heterocycles. The second-order valence-corrected chi connectivity index (χ2v) is 5.79. The van der Waals surface area contributed by atoms with Gasteiger partial charge in [0, 0.05) is 17.5 Å². The van der Waals surface area contributed by atoms with Gasteiger partial charge in [-0.25, -0.2) is 4.39 Å². The topological polar surface area (TPSA) is 32.3 Å². The van der Waals surface area contributed by atoms with Crippen molar-refractivity contribution in [3.05, 3.63) is 35.6 Å². The number of aliphatic hydroxyl groups excluding tert-OH is 1. The predicted octanol–water partition coefficient (Wildman–Crippen LogP) is 2.46. The molecule has 3 heteroatoms. The zero-order valence-corrected chi connectivity index (χ0v) is 11.0. The van der Waals surface area contributed by atoms with Crippen LogP contribution in [0.15, 0.2) is 24.3 Å². The number of nitrogens with one attached hydrogen (secondary N) is 1. The molecule has 0 atom stereocenters. The molecule has 0 amide bonds. The van der Waals surface area contributed by atoms with Crippen LogP contribution in [-0.4, -0.2) is 23.8 Å². The van der Waals surface area contributed by atoms with E-state index in [1.165, 1.54) is 12.1 Å². The van der Waals surface area contributed by atoms with Crippen LogP contribution in [0, 0.1) is 5.82 Å². The number of benzene rings is 1. The quantitative estimate of drug-likeness (QED) is 0.827. The van der Waals surface area contributed by atoms with Crippen LogP contribution < -0.4 is 5.32 Å². The van der Waals surface area contributed by atoms with E-state index < -0.39 is 0 Å². The molecule has 0 spiro atoms. The molecule has 2 nitrogen and oxygen atoms in total. The lowest BCUT2D eigenvalue weighted by molar-refractivity contribution is 0.181. The number of rotatable bonds is 5. The predicted molar refractivity (Wildman–Crippen MR) is 68.6 cm³/mol. The monoisotopic (exact) mass is 239 g/mol. The molecule has 1 aromatic rings. The van der Waals surface area contributed by atoms with Gasteiger partial charge in [0.15, 0.2) is 0 Å². The zero-order valence-electron chi connectivity index (χ0n) is 11.0. The Bertz CT molecular complexity index is 357. The lowest BCUT2D eigenvalue weighted by Crippen LogP contribution is -2.48. The number of halogens is 1. The molecule has 2 N–H and O–H groups in total. The second-order valence-electron chi connectivity index (χ2n) is 5.79. The molecule has 0 heterocycles. The van der Waals surface area contributed by atoms with E-state index in [0.29, 0.717) is 0 Å². The van der Waals surface area contributed by atoms with E-state index in [4.69, 9.17) is 0 Å². The van der Waals surface area contributed by atoms with Crippen molar-refractivity contribution >= 4 is 0 Å². The fourth-order valence-electron chi connectivity index (χ4n) is 1.52. The fraction of sp³-hybridized carbons (Fsp3) is 0.571. The molecule has 0 saturated heterocycles. The smallest absolute Gasteiger partial charge is 0.123 e. The maximum Gasteiger partial charge on any atom is 0.123 e. The highest BCUT2D eigenvalue weighted by molar-refractivity contribution is 5.24. The summed E-state index contributed by atoms with van der Waals surface area (Å²) in [4.78, 5) is 0. The maximum atomic E-state index is 12.9. The molecule has 0 radical (unpaired) electrons. The molecule has 0 aliphatic carbocycles. The third-order valence-corrected chi connectivity index (χ3v) is 3.03. The summed E-state index contributed by atoms with van der Waals surface area (Å²) in [6, 6.07) is 6.58. The molecular weight excluding hydrogens is 217 g/mol. The minimum atomic E-state index is -0.294. The Morgan fingerprint density at radius 3 is 2.12 bits per heavy atom. The zero-order chi connectivity index (χ0) is 13.1. The van der Waals surface area contributed by atoms with E-state index >= 15 is 0 Å². The maximum absolute atomic E-state index is 12.9. The Hall–Kier alpha value is -0.930. The van der Waals surface area contributed by atoms with E-state index in [0.717, 1.165) is 12.1 Å². The van der Waals surface area contributed by atoms with Crippen LogP contribution >= 0.6 is 0 Å². The number of hydrogen-bond donors (Lipinski definition) is 2. The van der Waals surface area contributed by atoms with Crippen LogP contribution in [0.1, 0.15) is 33.3 Å². The SMILES string of the molecule is CC(C)(CO)NCC(C)(C)c1ccc(F)cc1. The Morgan fingerprint density at radius 2 is 1.65 bits per heavy atom. The summed E-state index contributed by atoms with van der Waals surface area (Å²) in [6.07, 6.45) is 0. The first-order valence-corrected chi connectivity index (χ1v) is 5.89. The van der Waals surface area contributed by atoms with Crippen molar-refractivity contribution in [2.24, 2.45) is 0 Å². The van der Waals surface area contributed by atoms with Crippen molar-refractivity contribution in [3.8, 4) is 0 Å². The molecule has 0 saturated carbocycles. The first-order chi connectivity index (χ1) is 7.77.